The van der Waals surface area contributed by atoms with Crippen LogP contribution >= 0.6 is 11.3 Å². The Morgan fingerprint density at radius 3 is 2.37 bits per heavy atom. The van der Waals surface area contributed by atoms with E-state index in [-0.39, 0.29) is 38.3 Å². The zero-order valence-corrected chi connectivity index (χ0v) is 31.2. The van der Waals surface area contributed by atoms with Gasteiger partial charge in [0, 0.05) is 29.7 Å². The standard InChI is InChI=1S/C37H49N5O9S/c1-22-21-52-33(38-22)25-11-7-24(8-12-25)18-42(41-32(44)31(37(2,3)4)40-35(45)48-6)19-29(43)28(17-23-9-13-26(47-5)14-10-23)39-36(46)51-30-20-50-34-27(30)15-16-49-34/h7-14,21,27-31,34,43H,15-20H2,1-6H3,(H,39,46)(H,40,45)(H,41,44)/t27?,28?,29-,30?,31?,34?/m0/s1. The molecule has 2 saturated heterocycles. The van der Waals surface area contributed by atoms with Gasteiger partial charge in [-0.1, -0.05) is 57.2 Å². The van der Waals surface area contributed by atoms with E-state index in [0.717, 1.165) is 33.8 Å². The minimum atomic E-state index is -1.20. The number of carbonyl (C=O) groups excluding carboxylic acids is 3. The van der Waals surface area contributed by atoms with Crippen LogP contribution in [0.4, 0.5) is 9.59 Å². The fourth-order valence-corrected chi connectivity index (χ4v) is 7.01. The minimum absolute atomic E-state index is 0.0539. The van der Waals surface area contributed by atoms with Gasteiger partial charge in [-0.2, -0.15) is 0 Å². The van der Waals surface area contributed by atoms with Gasteiger partial charge in [-0.25, -0.2) is 19.6 Å². The van der Waals surface area contributed by atoms with Crippen LogP contribution in [0.2, 0.25) is 0 Å². The number of nitrogens with one attached hydrogen (secondary N) is 3. The minimum Gasteiger partial charge on any atom is -0.497 e. The van der Waals surface area contributed by atoms with Gasteiger partial charge < -0.3 is 39.4 Å². The molecule has 52 heavy (non-hydrogen) atoms. The van der Waals surface area contributed by atoms with Crippen molar-refractivity contribution in [1.29, 1.82) is 0 Å². The maximum atomic E-state index is 13.8. The number of alkyl carbamates (subject to hydrolysis) is 2. The third kappa shape index (κ3) is 10.4. The Morgan fingerprint density at radius 2 is 1.73 bits per heavy atom. The van der Waals surface area contributed by atoms with Crippen molar-refractivity contribution in [2.45, 2.75) is 77.7 Å². The van der Waals surface area contributed by atoms with Crippen molar-refractivity contribution in [1.82, 2.24) is 26.1 Å². The summed E-state index contributed by atoms with van der Waals surface area (Å²) in [5.41, 5.74) is 5.79. The first-order chi connectivity index (χ1) is 24.8. The van der Waals surface area contributed by atoms with Gasteiger partial charge in [-0.15, -0.1) is 11.3 Å². The first-order valence-electron chi connectivity index (χ1n) is 17.3. The highest BCUT2D eigenvalue weighted by Crippen LogP contribution is 2.33. The molecule has 0 aliphatic carbocycles. The van der Waals surface area contributed by atoms with Gasteiger partial charge in [-0.3, -0.25) is 10.2 Å². The summed E-state index contributed by atoms with van der Waals surface area (Å²) in [6, 6.07) is 13.3. The molecule has 2 aromatic carbocycles. The summed E-state index contributed by atoms with van der Waals surface area (Å²) in [4.78, 5) is 43.9. The molecule has 3 heterocycles. The molecule has 6 atom stereocenters. The van der Waals surface area contributed by atoms with Gasteiger partial charge >= 0.3 is 12.2 Å². The quantitative estimate of drug-likeness (QED) is 0.175. The van der Waals surface area contributed by atoms with Crippen LogP contribution in [0, 0.1) is 18.3 Å². The van der Waals surface area contributed by atoms with Crippen LogP contribution in [0.3, 0.4) is 0 Å². The lowest BCUT2D eigenvalue weighted by Gasteiger charge is -2.34. The monoisotopic (exact) mass is 739 g/mol. The van der Waals surface area contributed by atoms with Gasteiger partial charge in [0.05, 0.1) is 45.5 Å². The summed E-state index contributed by atoms with van der Waals surface area (Å²) in [6.45, 7) is 8.26. The fourth-order valence-electron chi connectivity index (χ4n) is 6.20. The predicted molar refractivity (Wildman–Crippen MR) is 193 cm³/mol. The lowest BCUT2D eigenvalue weighted by atomic mass is 9.86. The van der Waals surface area contributed by atoms with Crippen LogP contribution in [0.25, 0.3) is 10.6 Å². The lowest BCUT2D eigenvalue weighted by Crippen LogP contribution is -2.59. The normalized spacial score (nSPS) is 20.0. The highest BCUT2D eigenvalue weighted by Gasteiger charge is 2.44. The van der Waals surface area contributed by atoms with Crippen LogP contribution in [0.15, 0.2) is 53.9 Å². The van der Waals surface area contributed by atoms with E-state index in [0.29, 0.717) is 12.4 Å². The summed E-state index contributed by atoms with van der Waals surface area (Å²) in [7, 11) is 2.81. The number of aliphatic hydroxyl groups excluding tert-OH is 1. The van der Waals surface area contributed by atoms with Crippen LogP contribution in [-0.2, 0) is 36.7 Å². The third-order valence-electron chi connectivity index (χ3n) is 9.07. The number of thiazole rings is 1. The number of hydrogen-bond acceptors (Lipinski definition) is 12. The van der Waals surface area contributed by atoms with Gasteiger partial charge in [0.15, 0.2) is 6.29 Å². The molecule has 5 rings (SSSR count). The number of rotatable bonds is 14. The molecule has 0 bridgehead atoms. The van der Waals surface area contributed by atoms with E-state index < -0.39 is 47.8 Å². The Kier molecular flexibility index (Phi) is 13.1. The van der Waals surface area contributed by atoms with Crippen molar-refractivity contribution >= 4 is 29.4 Å². The van der Waals surface area contributed by atoms with E-state index in [1.165, 1.54) is 7.11 Å². The second-order valence-corrected chi connectivity index (χ2v) is 15.0. The molecule has 3 amide bonds. The first kappa shape index (κ1) is 38.9. The second-order valence-electron chi connectivity index (χ2n) is 14.1. The number of hydrazine groups is 1. The van der Waals surface area contributed by atoms with E-state index >= 15 is 0 Å². The summed E-state index contributed by atoms with van der Waals surface area (Å²) < 4.78 is 27.1. The second kappa shape index (κ2) is 17.5. The topological polar surface area (TPSA) is 170 Å². The highest BCUT2D eigenvalue weighted by atomic mass is 32.1. The number of fused-ring (bicyclic) bond motifs is 1. The molecule has 14 nitrogen and oxygen atoms in total. The van der Waals surface area contributed by atoms with Crippen molar-refractivity contribution in [3.63, 3.8) is 0 Å². The molecule has 282 valence electrons. The Hall–Kier alpha value is -4.28. The number of ether oxygens (including phenoxy) is 5. The Balaban J connectivity index is 1.37. The number of aromatic nitrogens is 1. The number of hydrogen-bond donors (Lipinski definition) is 4. The molecule has 0 radical (unpaired) electrons. The largest absolute Gasteiger partial charge is 0.497 e. The third-order valence-corrected chi connectivity index (χ3v) is 10.1. The number of aliphatic hydroxyl groups is 1. The van der Waals surface area contributed by atoms with Crippen molar-refractivity contribution in [3.8, 4) is 16.3 Å². The zero-order valence-electron chi connectivity index (χ0n) is 30.4. The summed E-state index contributed by atoms with van der Waals surface area (Å²) in [5.74, 6) is 0.108. The van der Waals surface area contributed by atoms with Crippen molar-refractivity contribution in [2.75, 3.05) is 34.0 Å². The van der Waals surface area contributed by atoms with E-state index in [9.17, 15) is 19.5 Å². The number of methoxy groups -OCH3 is 2. The predicted octanol–water partition coefficient (Wildman–Crippen LogP) is 4.19. The maximum absolute atomic E-state index is 13.8. The maximum Gasteiger partial charge on any atom is 0.407 e. The van der Waals surface area contributed by atoms with E-state index in [4.69, 9.17) is 23.7 Å². The molecule has 4 N–H and O–H groups in total. The summed E-state index contributed by atoms with van der Waals surface area (Å²) >= 11 is 1.55. The van der Waals surface area contributed by atoms with Crippen LogP contribution < -0.4 is 20.8 Å². The average molecular weight is 740 g/mol. The molecule has 15 heteroatoms. The number of amides is 3. The molecule has 3 aromatic rings. The molecule has 2 fully saturated rings. The van der Waals surface area contributed by atoms with Crippen molar-refractivity contribution in [2.24, 2.45) is 11.3 Å². The van der Waals surface area contributed by atoms with E-state index in [1.807, 2.05) is 69.5 Å². The summed E-state index contributed by atoms with van der Waals surface area (Å²) in [6.07, 6.45) is -2.54. The van der Waals surface area contributed by atoms with Crippen molar-refractivity contribution < 1.29 is 43.2 Å². The van der Waals surface area contributed by atoms with E-state index in [2.05, 4.69) is 21.0 Å². The Morgan fingerprint density at radius 1 is 1.02 bits per heavy atom. The zero-order chi connectivity index (χ0) is 37.4. The van der Waals surface area contributed by atoms with Crippen molar-refractivity contribution in [3.05, 3.63) is 70.7 Å². The Bertz CT molecular complexity index is 1650. The van der Waals surface area contributed by atoms with Crippen LogP contribution in [0.5, 0.6) is 5.75 Å². The number of benzene rings is 2. The average Bonchev–Trinajstić information content (AvgIpc) is 3.86. The molecule has 2 aliphatic heterocycles. The number of nitrogens with zero attached hydrogens (tertiary/aromatic N) is 2. The Labute approximate surface area is 308 Å². The smallest absolute Gasteiger partial charge is 0.407 e. The van der Waals surface area contributed by atoms with Gasteiger partial charge in [0.2, 0.25) is 0 Å². The fraction of sp³-hybridized carbons (Fsp3) is 0.514. The molecular formula is C37H49N5O9S. The SMILES string of the molecule is COC(=O)NC(C(=O)NN(Cc1ccc(-c2nc(C)cs2)cc1)C[C@H](O)C(Cc1ccc(OC)cc1)NC(=O)OC1COC2OCCC12)C(C)(C)C. The van der Waals surface area contributed by atoms with E-state index in [1.54, 1.807) is 35.6 Å². The summed E-state index contributed by atoms with van der Waals surface area (Å²) in [5, 5.41) is 21.8. The van der Waals surface area contributed by atoms with Gasteiger partial charge in [-0.05, 0) is 48.4 Å². The number of aryl methyl sites for hydroxylation is 1. The van der Waals surface area contributed by atoms with Gasteiger partial charge in [0.25, 0.3) is 5.91 Å². The van der Waals surface area contributed by atoms with Gasteiger partial charge in [0.1, 0.15) is 22.9 Å². The molecule has 0 saturated carbocycles. The molecule has 0 spiro atoms. The van der Waals surface area contributed by atoms with Crippen LogP contribution in [0.1, 0.15) is 44.0 Å². The molecular weight excluding hydrogens is 691 g/mol. The molecule has 2 aliphatic rings. The van der Waals surface area contributed by atoms with Crippen LogP contribution in [-0.4, -0.2) is 97.8 Å². The lowest BCUT2D eigenvalue weighted by molar-refractivity contribution is -0.131. The first-order valence-corrected chi connectivity index (χ1v) is 18.1. The molecule has 1 aromatic heterocycles. The number of carbonyl (C=O) groups is 3. The highest BCUT2D eigenvalue weighted by molar-refractivity contribution is 7.13. The molecule has 5 unspecified atom stereocenters.